The Kier molecular flexibility index (Phi) is 4.89. The maximum Gasteiger partial charge on any atom is 0.268 e. The molecule has 1 heterocycles. The Labute approximate surface area is 143 Å². The van der Waals surface area contributed by atoms with Gasteiger partial charge in [-0.3, -0.25) is 9.59 Å². The highest BCUT2D eigenvalue weighted by atomic mass is 19.1. The number of rotatable bonds is 5. The lowest BCUT2D eigenvalue weighted by molar-refractivity contribution is 0.0945. The summed E-state index contributed by atoms with van der Waals surface area (Å²) in [5, 5.41) is 5.43. The van der Waals surface area contributed by atoms with E-state index in [0.29, 0.717) is 17.1 Å². The average Bonchev–Trinajstić information content (AvgIpc) is 3.10. The van der Waals surface area contributed by atoms with E-state index in [-0.39, 0.29) is 24.2 Å². The molecule has 0 aliphatic rings. The van der Waals surface area contributed by atoms with Gasteiger partial charge in [0.05, 0.1) is 0 Å². The monoisotopic (exact) mass is 337 g/mol. The summed E-state index contributed by atoms with van der Waals surface area (Å²) in [4.78, 5) is 27.0. The summed E-state index contributed by atoms with van der Waals surface area (Å²) in [5.74, 6) is -0.468. The highest BCUT2D eigenvalue weighted by molar-refractivity contribution is 6.04. The quantitative estimate of drug-likeness (QED) is 0.668. The van der Waals surface area contributed by atoms with Crippen LogP contribution in [0.5, 0.6) is 0 Å². The molecule has 0 aliphatic heterocycles. The van der Waals surface area contributed by atoms with Crippen molar-refractivity contribution in [2.75, 3.05) is 5.32 Å². The molecule has 0 bridgehead atoms. The van der Waals surface area contributed by atoms with Crippen molar-refractivity contribution in [1.29, 1.82) is 0 Å². The van der Waals surface area contributed by atoms with Crippen molar-refractivity contribution in [2.24, 2.45) is 0 Å². The Morgan fingerprint density at radius 3 is 2.32 bits per heavy atom. The molecule has 126 valence electrons. The zero-order valence-electron chi connectivity index (χ0n) is 13.3. The predicted molar refractivity (Wildman–Crippen MR) is 92.8 cm³/mol. The van der Waals surface area contributed by atoms with Crippen molar-refractivity contribution in [3.8, 4) is 0 Å². The van der Waals surface area contributed by atoms with E-state index in [2.05, 4.69) is 15.6 Å². The van der Waals surface area contributed by atoms with Gasteiger partial charge < -0.3 is 15.6 Å². The van der Waals surface area contributed by atoms with E-state index in [0.717, 1.165) is 5.56 Å². The molecule has 0 unspecified atom stereocenters. The molecule has 5 nitrogen and oxygen atoms in total. The second-order valence-corrected chi connectivity index (χ2v) is 5.41. The number of H-pyrrole nitrogens is 1. The number of amides is 2. The molecule has 0 radical (unpaired) electrons. The molecule has 2 amide bonds. The standard InChI is InChI=1S/C19H16FN3O2/c20-15-8-6-13(7-9-15)12-21-19(25)16-10-11-17(22-16)23-18(24)14-4-2-1-3-5-14/h1-11,22H,12H2,(H,21,25)(H,23,24). The number of halogens is 1. The van der Waals surface area contributed by atoms with Crippen LogP contribution in [0.15, 0.2) is 66.7 Å². The van der Waals surface area contributed by atoms with Gasteiger partial charge in [-0.15, -0.1) is 0 Å². The van der Waals surface area contributed by atoms with Crippen LogP contribution in [0.3, 0.4) is 0 Å². The van der Waals surface area contributed by atoms with Crippen LogP contribution in [0, 0.1) is 5.82 Å². The maximum absolute atomic E-state index is 12.9. The van der Waals surface area contributed by atoms with Gasteiger partial charge in [0.1, 0.15) is 17.3 Å². The third-order valence-corrected chi connectivity index (χ3v) is 3.58. The van der Waals surface area contributed by atoms with Crippen LogP contribution < -0.4 is 10.6 Å². The lowest BCUT2D eigenvalue weighted by Gasteiger charge is -2.05. The van der Waals surface area contributed by atoms with Gasteiger partial charge in [0.15, 0.2) is 0 Å². The summed E-state index contributed by atoms with van der Waals surface area (Å²) in [6.07, 6.45) is 0. The molecule has 1 aromatic heterocycles. The molecule has 0 saturated carbocycles. The summed E-state index contributed by atoms with van der Waals surface area (Å²) in [6, 6.07) is 17.9. The normalized spacial score (nSPS) is 10.3. The van der Waals surface area contributed by atoms with Gasteiger partial charge in [-0.25, -0.2) is 4.39 Å². The summed E-state index contributed by atoms with van der Waals surface area (Å²) in [6.45, 7) is 0.282. The van der Waals surface area contributed by atoms with Crippen LogP contribution in [0.1, 0.15) is 26.4 Å². The van der Waals surface area contributed by atoms with Crippen molar-refractivity contribution in [1.82, 2.24) is 10.3 Å². The van der Waals surface area contributed by atoms with E-state index in [1.165, 1.54) is 12.1 Å². The fourth-order valence-electron chi connectivity index (χ4n) is 2.26. The molecule has 6 heteroatoms. The first-order valence-electron chi connectivity index (χ1n) is 7.70. The summed E-state index contributed by atoms with van der Waals surface area (Å²) in [5.41, 5.74) is 1.64. The van der Waals surface area contributed by atoms with Crippen molar-refractivity contribution in [3.05, 3.63) is 89.4 Å². The molecule has 25 heavy (non-hydrogen) atoms. The van der Waals surface area contributed by atoms with E-state index in [9.17, 15) is 14.0 Å². The number of hydrogen-bond acceptors (Lipinski definition) is 2. The van der Waals surface area contributed by atoms with Gasteiger partial charge in [-0.05, 0) is 42.0 Å². The SMILES string of the molecule is O=C(Nc1ccc(C(=O)NCc2ccc(F)cc2)[nH]1)c1ccccc1. The smallest absolute Gasteiger partial charge is 0.268 e. The fourth-order valence-corrected chi connectivity index (χ4v) is 2.26. The van der Waals surface area contributed by atoms with Crippen LogP contribution in [0.25, 0.3) is 0 Å². The van der Waals surface area contributed by atoms with Gasteiger partial charge in [-0.1, -0.05) is 30.3 Å². The topological polar surface area (TPSA) is 74.0 Å². The number of aromatic amines is 1. The predicted octanol–water partition coefficient (Wildman–Crippen LogP) is 3.34. The Hall–Kier alpha value is -3.41. The molecule has 3 rings (SSSR count). The number of benzene rings is 2. The minimum Gasteiger partial charge on any atom is -0.347 e. The molecular weight excluding hydrogens is 321 g/mol. The van der Waals surface area contributed by atoms with Crippen LogP contribution in [-0.2, 0) is 6.54 Å². The summed E-state index contributed by atoms with van der Waals surface area (Å²) in [7, 11) is 0. The summed E-state index contributed by atoms with van der Waals surface area (Å²) < 4.78 is 12.9. The Balaban J connectivity index is 1.58. The first kappa shape index (κ1) is 16.4. The molecule has 2 aromatic carbocycles. The number of carbonyl (C=O) groups excluding carboxylic acids is 2. The second-order valence-electron chi connectivity index (χ2n) is 5.41. The molecule has 3 N–H and O–H groups in total. The largest absolute Gasteiger partial charge is 0.347 e. The molecule has 3 aromatic rings. The summed E-state index contributed by atoms with van der Waals surface area (Å²) >= 11 is 0. The number of nitrogens with one attached hydrogen (secondary N) is 3. The van der Waals surface area contributed by atoms with E-state index in [4.69, 9.17) is 0 Å². The van der Waals surface area contributed by atoms with Gasteiger partial charge in [-0.2, -0.15) is 0 Å². The highest BCUT2D eigenvalue weighted by Gasteiger charge is 2.11. The molecule has 0 fully saturated rings. The van der Waals surface area contributed by atoms with Crippen LogP contribution in [0.4, 0.5) is 10.2 Å². The Morgan fingerprint density at radius 1 is 0.880 bits per heavy atom. The van der Waals surface area contributed by atoms with Crippen LogP contribution >= 0.6 is 0 Å². The van der Waals surface area contributed by atoms with Crippen LogP contribution in [0.2, 0.25) is 0 Å². The molecular formula is C19H16FN3O2. The van der Waals surface area contributed by atoms with Crippen molar-refractivity contribution < 1.29 is 14.0 Å². The first-order chi connectivity index (χ1) is 12.1. The molecule has 0 saturated heterocycles. The zero-order chi connectivity index (χ0) is 17.6. The fraction of sp³-hybridized carbons (Fsp3) is 0.0526. The first-order valence-corrected chi connectivity index (χ1v) is 7.70. The third-order valence-electron chi connectivity index (χ3n) is 3.58. The van der Waals surface area contributed by atoms with Crippen molar-refractivity contribution >= 4 is 17.6 Å². The van der Waals surface area contributed by atoms with Gasteiger partial charge in [0.2, 0.25) is 0 Å². The lowest BCUT2D eigenvalue weighted by atomic mass is 10.2. The molecule has 0 atom stereocenters. The number of anilines is 1. The Morgan fingerprint density at radius 2 is 1.60 bits per heavy atom. The number of aromatic nitrogens is 1. The van der Waals surface area contributed by atoms with Gasteiger partial charge >= 0.3 is 0 Å². The van der Waals surface area contributed by atoms with E-state index >= 15 is 0 Å². The average molecular weight is 337 g/mol. The van der Waals surface area contributed by atoms with Crippen molar-refractivity contribution in [2.45, 2.75) is 6.54 Å². The van der Waals surface area contributed by atoms with Gasteiger partial charge in [0, 0.05) is 12.1 Å². The number of hydrogen-bond donors (Lipinski definition) is 3. The molecule has 0 aliphatic carbocycles. The minimum atomic E-state index is -0.321. The van der Waals surface area contributed by atoms with Gasteiger partial charge in [0.25, 0.3) is 11.8 Å². The third kappa shape index (κ3) is 4.32. The van der Waals surface area contributed by atoms with E-state index in [1.807, 2.05) is 6.07 Å². The highest BCUT2D eigenvalue weighted by Crippen LogP contribution is 2.10. The Bertz CT molecular complexity index is 873. The van der Waals surface area contributed by atoms with E-state index < -0.39 is 0 Å². The zero-order valence-corrected chi connectivity index (χ0v) is 13.3. The minimum absolute atomic E-state index is 0.263. The van der Waals surface area contributed by atoms with Crippen molar-refractivity contribution in [3.63, 3.8) is 0 Å². The maximum atomic E-state index is 12.9. The molecule has 0 spiro atoms. The van der Waals surface area contributed by atoms with E-state index in [1.54, 1.807) is 48.5 Å². The second kappa shape index (κ2) is 7.44. The number of carbonyl (C=O) groups is 2. The lowest BCUT2D eigenvalue weighted by Crippen LogP contribution is -2.23. The van der Waals surface area contributed by atoms with Crippen LogP contribution in [-0.4, -0.2) is 16.8 Å².